The number of rotatable bonds is 2. The largest absolute Gasteiger partial charge is 0.508 e. The van der Waals surface area contributed by atoms with Gasteiger partial charge in [-0.2, -0.15) is 0 Å². The molecule has 0 radical (unpaired) electrons. The molecule has 1 N–H and O–H groups in total. The normalized spacial score (nSPS) is 15.3. The summed E-state index contributed by atoms with van der Waals surface area (Å²) in [7, 11) is -1.19. The second-order valence-electron chi connectivity index (χ2n) is 4.68. The van der Waals surface area contributed by atoms with Crippen LogP contribution in [0.2, 0.25) is 0 Å². The molecule has 2 aromatic rings. The monoisotopic (exact) mass is 273 g/mol. The fourth-order valence-electron chi connectivity index (χ4n) is 2.54. The molecule has 98 valence electrons. The molecule has 0 spiro atoms. The molecule has 0 fully saturated rings. The minimum atomic E-state index is -1.19. The molecule has 0 bridgehead atoms. The average molecular weight is 273 g/mol. The van der Waals surface area contributed by atoms with Crippen molar-refractivity contribution in [3.05, 3.63) is 53.6 Å². The van der Waals surface area contributed by atoms with E-state index in [0.717, 1.165) is 34.7 Å². The Morgan fingerprint density at radius 1 is 1.21 bits per heavy atom. The molecule has 3 nitrogen and oxygen atoms in total. The van der Waals surface area contributed by atoms with Gasteiger partial charge in [0.25, 0.3) is 0 Å². The molecule has 0 amide bonds. The molecule has 1 unspecified atom stereocenters. The number of aromatic hydroxyl groups is 1. The minimum absolute atomic E-state index is 0.281. The van der Waals surface area contributed by atoms with Crippen molar-refractivity contribution < 1.29 is 9.32 Å². The van der Waals surface area contributed by atoms with E-state index in [9.17, 15) is 9.32 Å². The van der Waals surface area contributed by atoms with Crippen molar-refractivity contribution in [2.75, 3.05) is 10.8 Å². The maximum atomic E-state index is 12.6. The number of phenolic OH excluding ortho intramolecular Hbond substituents is 1. The lowest BCUT2D eigenvalue weighted by molar-refractivity contribution is 0.474. The van der Waals surface area contributed by atoms with Gasteiger partial charge >= 0.3 is 0 Å². The Morgan fingerprint density at radius 3 is 2.68 bits per heavy atom. The van der Waals surface area contributed by atoms with Crippen molar-refractivity contribution >= 4 is 16.7 Å². The SMILES string of the molecule is Cc1cc(O)cc2c1N(S(=O)c1ccccc1)CC2. The summed E-state index contributed by atoms with van der Waals surface area (Å²) in [5, 5.41) is 9.62. The highest BCUT2D eigenvalue weighted by molar-refractivity contribution is 7.86. The number of fused-ring (bicyclic) bond motifs is 1. The number of nitrogens with zero attached hydrogens (tertiary/aromatic N) is 1. The van der Waals surface area contributed by atoms with E-state index in [1.54, 1.807) is 12.1 Å². The van der Waals surface area contributed by atoms with Crippen LogP contribution in [0, 0.1) is 6.92 Å². The first-order valence-electron chi connectivity index (χ1n) is 6.24. The van der Waals surface area contributed by atoms with Crippen molar-refractivity contribution in [2.45, 2.75) is 18.2 Å². The first-order chi connectivity index (χ1) is 9.16. The van der Waals surface area contributed by atoms with Crippen molar-refractivity contribution in [1.29, 1.82) is 0 Å². The van der Waals surface area contributed by atoms with Crippen LogP contribution in [-0.2, 0) is 17.4 Å². The number of phenols is 1. The van der Waals surface area contributed by atoms with Gasteiger partial charge < -0.3 is 5.11 Å². The Balaban J connectivity index is 2.01. The Kier molecular flexibility index (Phi) is 3.03. The summed E-state index contributed by atoms with van der Waals surface area (Å²) in [5.41, 5.74) is 3.04. The van der Waals surface area contributed by atoms with E-state index in [4.69, 9.17) is 0 Å². The lowest BCUT2D eigenvalue weighted by Gasteiger charge is -2.20. The predicted octanol–water partition coefficient (Wildman–Crippen LogP) is 2.79. The zero-order valence-corrected chi connectivity index (χ0v) is 11.5. The highest BCUT2D eigenvalue weighted by Gasteiger charge is 2.26. The first kappa shape index (κ1) is 12.2. The molecule has 19 heavy (non-hydrogen) atoms. The van der Waals surface area contributed by atoms with Crippen LogP contribution in [0.1, 0.15) is 11.1 Å². The molecule has 2 aromatic carbocycles. The zero-order chi connectivity index (χ0) is 13.4. The van der Waals surface area contributed by atoms with Crippen LogP contribution in [0.25, 0.3) is 0 Å². The second-order valence-corrected chi connectivity index (χ2v) is 6.10. The smallest absolute Gasteiger partial charge is 0.152 e. The molecule has 0 aromatic heterocycles. The van der Waals surface area contributed by atoms with Crippen LogP contribution in [0.5, 0.6) is 5.75 Å². The van der Waals surface area contributed by atoms with Crippen LogP contribution in [-0.4, -0.2) is 15.9 Å². The van der Waals surface area contributed by atoms with Gasteiger partial charge in [0.1, 0.15) is 5.75 Å². The van der Waals surface area contributed by atoms with E-state index in [1.165, 1.54) is 0 Å². The summed E-state index contributed by atoms with van der Waals surface area (Å²) in [4.78, 5) is 0.808. The fourth-order valence-corrected chi connectivity index (χ4v) is 3.87. The van der Waals surface area contributed by atoms with E-state index in [0.29, 0.717) is 0 Å². The van der Waals surface area contributed by atoms with E-state index in [-0.39, 0.29) is 5.75 Å². The first-order valence-corrected chi connectivity index (χ1v) is 7.34. The highest BCUT2D eigenvalue weighted by atomic mass is 32.2. The molecule has 0 saturated heterocycles. The number of hydrogen-bond acceptors (Lipinski definition) is 2. The van der Waals surface area contributed by atoms with E-state index in [1.807, 2.05) is 41.6 Å². The van der Waals surface area contributed by atoms with Gasteiger partial charge in [0, 0.05) is 6.54 Å². The molecular formula is C15H15NO2S. The Morgan fingerprint density at radius 2 is 1.95 bits per heavy atom. The lowest BCUT2D eigenvalue weighted by atomic mass is 10.1. The predicted molar refractivity (Wildman–Crippen MR) is 76.7 cm³/mol. The van der Waals surface area contributed by atoms with Crippen molar-refractivity contribution in [3.63, 3.8) is 0 Å². The zero-order valence-electron chi connectivity index (χ0n) is 10.7. The third kappa shape index (κ3) is 2.12. The Bertz CT molecular complexity index is 640. The summed E-state index contributed by atoms with van der Waals surface area (Å²) in [6.45, 7) is 2.67. The number of hydrogen-bond donors (Lipinski definition) is 1. The molecule has 0 aliphatic carbocycles. The highest BCUT2D eigenvalue weighted by Crippen LogP contribution is 2.36. The van der Waals surface area contributed by atoms with Gasteiger partial charge in [-0.3, -0.25) is 4.31 Å². The van der Waals surface area contributed by atoms with Gasteiger partial charge in [-0.1, -0.05) is 18.2 Å². The molecule has 4 heteroatoms. The van der Waals surface area contributed by atoms with Gasteiger partial charge in [0.2, 0.25) is 0 Å². The lowest BCUT2D eigenvalue weighted by Crippen LogP contribution is -2.23. The topological polar surface area (TPSA) is 40.5 Å². The third-order valence-electron chi connectivity index (χ3n) is 3.34. The molecular weight excluding hydrogens is 258 g/mol. The van der Waals surface area contributed by atoms with Crippen LogP contribution >= 0.6 is 0 Å². The Labute approximate surface area is 115 Å². The summed E-state index contributed by atoms with van der Waals surface area (Å²) in [6, 6.07) is 13.0. The minimum Gasteiger partial charge on any atom is -0.508 e. The van der Waals surface area contributed by atoms with Crippen LogP contribution in [0.15, 0.2) is 47.4 Å². The summed E-state index contributed by atoms with van der Waals surface area (Å²) < 4.78 is 14.5. The fraction of sp³-hybridized carbons (Fsp3) is 0.200. The maximum absolute atomic E-state index is 12.6. The number of anilines is 1. The number of benzene rings is 2. The van der Waals surface area contributed by atoms with Crippen LogP contribution < -0.4 is 4.31 Å². The second kappa shape index (κ2) is 4.70. The van der Waals surface area contributed by atoms with E-state index >= 15 is 0 Å². The average Bonchev–Trinajstić information content (AvgIpc) is 2.83. The van der Waals surface area contributed by atoms with Crippen LogP contribution in [0.4, 0.5) is 5.69 Å². The van der Waals surface area contributed by atoms with Gasteiger partial charge in [-0.25, -0.2) is 4.21 Å². The summed E-state index contributed by atoms with van der Waals surface area (Å²) in [6.07, 6.45) is 0.823. The van der Waals surface area contributed by atoms with Gasteiger partial charge in [0.15, 0.2) is 11.0 Å². The molecule has 1 atom stereocenters. The van der Waals surface area contributed by atoms with E-state index in [2.05, 4.69) is 0 Å². The van der Waals surface area contributed by atoms with Crippen molar-refractivity contribution in [3.8, 4) is 5.75 Å². The van der Waals surface area contributed by atoms with Crippen LogP contribution in [0.3, 0.4) is 0 Å². The molecule has 1 aliphatic heterocycles. The quantitative estimate of drug-likeness (QED) is 0.914. The summed E-state index contributed by atoms with van der Waals surface area (Å²) >= 11 is 0. The molecule has 0 saturated carbocycles. The number of aryl methyl sites for hydroxylation is 1. The third-order valence-corrected chi connectivity index (χ3v) is 4.78. The van der Waals surface area contributed by atoms with Crippen molar-refractivity contribution in [1.82, 2.24) is 0 Å². The molecule has 1 heterocycles. The molecule has 1 aliphatic rings. The maximum Gasteiger partial charge on any atom is 0.152 e. The summed E-state index contributed by atoms with van der Waals surface area (Å²) in [5.74, 6) is 0.281. The van der Waals surface area contributed by atoms with Crippen molar-refractivity contribution in [2.24, 2.45) is 0 Å². The molecule has 3 rings (SSSR count). The van der Waals surface area contributed by atoms with E-state index < -0.39 is 11.0 Å². The Hall–Kier alpha value is -1.81. The standard InChI is InChI=1S/C15H15NO2S/c1-11-9-13(17)10-12-7-8-16(15(11)12)19(18)14-5-3-2-4-6-14/h2-6,9-10,17H,7-8H2,1H3. The van der Waals surface area contributed by atoms with Gasteiger partial charge in [-0.05, 0) is 48.7 Å². The van der Waals surface area contributed by atoms with Gasteiger partial charge in [0.05, 0.1) is 10.6 Å². The van der Waals surface area contributed by atoms with Gasteiger partial charge in [-0.15, -0.1) is 0 Å².